The molecule has 0 aliphatic carbocycles. The Morgan fingerprint density at radius 3 is 2.87 bits per heavy atom. The summed E-state index contributed by atoms with van der Waals surface area (Å²) in [4.78, 5) is 0. The van der Waals surface area contributed by atoms with Crippen LogP contribution in [-0.4, -0.2) is 0 Å². The van der Waals surface area contributed by atoms with Crippen LogP contribution in [0.25, 0.3) is 0 Å². The first-order valence-electron chi connectivity index (χ1n) is 5.57. The number of rotatable bonds is 4. The topological polar surface area (TPSA) is 38.8 Å². The van der Waals surface area contributed by atoms with Crippen LogP contribution in [0, 0.1) is 6.92 Å². The fourth-order valence-corrected chi connectivity index (χ4v) is 1.90. The van der Waals surface area contributed by atoms with Gasteiger partial charge in [0.1, 0.15) is 11.4 Å². The number of benzene rings is 1. The first-order chi connectivity index (χ1) is 7.33. The van der Waals surface area contributed by atoms with E-state index in [0.29, 0.717) is 0 Å². The van der Waals surface area contributed by atoms with Gasteiger partial charge in [-0.15, -0.1) is 10.5 Å². The van der Waals surface area contributed by atoms with Gasteiger partial charge in [0.25, 0.3) is 0 Å². The lowest BCUT2D eigenvalue weighted by Gasteiger charge is -2.07. The van der Waals surface area contributed by atoms with Gasteiger partial charge in [0.2, 0.25) is 0 Å². The van der Waals surface area contributed by atoms with Gasteiger partial charge in [-0.05, 0) is 42.2 Å². The maximum Gasteiger partial charge on any atom is 0.118 e. The molecule has 0 bridgehead atoms. The molecule has 2 rings (SSSR count). The van der Waals surface area contributed by atoms with E-state index in [-0.39, 0.29) is 0 Å². The Balaban J connectivity index is 2.21. The van der Waals surface area contributed by atoms with E-state index < -0.39 is 0 Å². The molecule has 15 heavy (non-hydrogen) atoms. The fraction of sp³-hybridized carbons (Fsp3) is 0.500. The molecule has 1 heterocycles. The van der Waals surface area contributed by atoms with Crippen molar-refractivity contribution in [1.82, 2.24) is 5.43 Å². The Bertz CT molecular complexity index is 383. The van der Waals surface area contributed by atoms with Crippen molar-refractivity contribution in [3.8, 4) is 0 Å². The van der Waals surface area contributed by atoms with Crippen LogP contribution in [0.2, 0.25) is 0 Å². The Labute approximate surface area is 90.6 Å². The smallest absolute Gasteiger partial charge is 0.118 e. The summed E-state index contributed by atoms with van der Waals surface area (Å²) in [5.41, 5.74) is 8.53. The zero-order chi connectivity index (χ0) is 10.7. The van der Waals surface area contributed by atoms with E-state index in [1.54, 1.807) is 0 Å². The molecule has 0 fully saturated rings. The highest BCUT2D eigenvalue weighted by Crippen LogP contribution is 2.36. The van der Waals surface area contributed by atoms with E-state index in [4.69, 9.17) is 0 Å². The molecule has 1 aliphatic heterocycles. The first kappa shape index (κ1) is 10.1. The average molecular weight is 202 g/mol. The number of nitrogens with zero attached hydrogens (tertiary/aromatic N) is 3. The SMILES string of the molecule is CCCCCc1c(C)ccc2c1N=N[N]2. The molecule has 0 unspecified atom stereocenters. The Hall–Kier alpha value is -1.38. The van der Waals surface area contributed by atoms with E-state index in [1.165, 1.54) is 30.4 Å². The van der Waals surface area contributed by atoms with Gasteiger partial charge in [-0.1, -0.05) is 25.8 Å². The highest BCUT2D eigenvalue weighted by molar-refractivity contribution is 5.68. The molecule has 0 spiro atoms. The second kappa shape index (κ2) is 4.43. The van der Waals surface area contributed by atoms with Crippen molar-refractivity contribution in [2.45, 2.75) is 39.5 Å². The van der Waals surface area contributed by atoms with Crippen LogP contribution >= 0.6 is 0 Å². The lowest BCUT2D eigenvalue weighted by Crippen LogP contribution is -1.91. The van der Waals surface area contributed by atoms with Gasteiger partial charge in [0, 0.05) is 0 Å². The van der Waals surface area contributed by atoms with Crippen LogP contribution in [-0.2, 0) is 6.42 Å². The van der Waals surface area contributed by atoms with Crippen LogP contribution in [0.3, 0.4) is 0 Å². The molecule has 0 atom stereocenters. The van der Waals surface area contributed by atoms with Crippen LogP contribution in [0.5, 0.6) is 0 Å². The quantitative estimate of drug-likeness (QED) is 0.662. The molecule has 1 aliphatic rings. The average Bonchev–Trinajstić information content (AvgIpc) is 2.69. The predicted octanol–water partition coefficient (Wildman–Crippen LogP) is 3.98. The van der Waals surface area contributed by atoms with Crippen molar-refractivity contribution in [2.75, 3.05) is 0 Å². The minimum Gasteiger partial charge on any atom is -0.128 e. The summed E-state index contributed by atoms with van der Waals surface area (Å²) in [6, 6.07) is 4.11. The maximum absolute atomic E-state index is 4.10. The highest BCUT2D eigenvalue weighted by Gasteiger charge is 2.15. The summed E-state index contributed by atoms with van der Waals surface area (Å²) in [5, 5.41) is 7.83. The first-order valence-corrected chi connectivity index (χ1v) is 5.57. The van der Waals surface area contributed by atoms with Crippen molar-refractivity contribution in [2.24, 2.45) is 10.3 Å². The molecule has 1 aromatic rings. The van der Waals surface area contributed by atoms with E-state index in [9.17, 15) is 0 Å². The van der Waals surface area contributed by atoms with E-state index in [0.717, 1.165) is 17.8 Å². The second-order valence-electron chi connectivity index (χ2n) is 3.98. The molecular weight excluding hydrogens is 186 g/mol. The highest BCUT2D eigenvalue weighted by atomic mass is 15.5. The number of unbranched alkanes of at least 4 members (excludes halogenated alkanes) is 2. The number of fused-ring (bicyclic) bond motifs is 1. The van der Waals surface area contributed by atoms with Crippen LogP contribution in [0.15, 0.2) is 22.5 Å². The molecule has 0 saturated heterocycles. The van der Waals surface area contributed by atoms with E-state index >= 15 is 0 Å². The molecule has 3 nitrogen and oxygen atoms in total. The van der Waals surface area contributed by atoms with Gasteiger partial charge in [-0.2, -0.15) is 0 Å². The lowest BCUT2D eigenvalue weighted by atomic mass is 9.99. The number of aryl methyl sites for hydroxylation is 1. The Kier molecular flexibility index (Phi) is 2.99. The third-order valence-electron chi connectivity index (χ3n) is 2.82. The molecule has 79 valence electrons. The van der Waals surface area contributed by atoms with Crippen molar-refractivity contribution in [3.05, 3.63) is 23.3 Å². The molecule has 0 saturated carbocycles. The lowest BCUT2D eigenvalue weighted by molar-refractivity contribution is 0.716. The molecule has 0 aromatic heterocycles. The summed E-state index contributed by atoms with van der Waals surface area (Å²) in [6.45, 7) is 4.35. The van der Waals surface area contributed by atoms with E-state index in [2.05, 4.69) is 35.7 Å². The summed E-state index contributed by atoms with van der Waals surface area (Å²) in [6.07, 6.45) is 4.85. The predicted molar refractivity (Wildman–Crippen MR) is 60.7 cm³/mol. The third-order valence-corrected chi connectivity index (χ3v) is 2.82. The molecule has 1 aromatic carbocycles. The largest absolute Gasteiger partial charge is 0.128 e. The van der Waals surface area contributed by atoms with Crippen molar-refractivity contribution < 1.29 is 0 Å². The second-order valence-corrected chi connectivity index (χ2v) is 3.98. The molecule has 1 radical (unpaired) electrons. The van der Waals surface area contributed by atoms with Crippen molar-refractivity contribution in [3.63, 3.8) is 0 Å². The normalized spacial score (nSPS) is 12.7. The van der Waals surface area contributed by atoms with Gasteiger partial charge in [0.05, 0.1) is 0 Å². The number of hydrogen-bond acceptors (Lipinski definition) is 2. The summed E-state index contributed by atoms with van der Waals surface area (Å²) < 4.78 is 0. The van der Waals surface area contributed by atoms with Crippen molar-refractivity contribution in [1.29, 1.82) is 0 Å². The molecular formula is C12H16N3. The third kappa shape index (κ3) is 2.01. The van der Waals surface area contributed by atoms with Gasteiger partial charge in [-0.25, -0.2) is 0 Å². The molecule has 0 amide bonds. The minimum absolute atomic E-state index is 0.923. The fourth-order valence-electron chi connectivity index (χ4n) is 1.90. The number of hydrogen-bond donors (Lipinski definition) is 0. The molecule has 0 N–H and O–H groups in total. The van der Waals surface area contributed by atoms with Crippen LogP contribution < -0.4 is 5.43 Å². The van der Waals surface area contributed by atoms with Crippen LogP contribution in [0.4, 0.5) is 11.4 Å². The minimum atomic E-state index is 0.923. The standard InChI is InChI=1S/C12H16N3/c1-3-4-5-6-10-9(2)7-8-11-12(10)14-15-13-11/h7-8H,3-6H2,1-2H3. The van der Waals surface area contributed by atoms with Crippen molar-refractivity contribution >= 4 is 11.4 Å². The van der Waals surface area contributed by atoms with Gasteiger partial charge in [-0.3, -0.25) is 0 Å². The summed E-state index contributed by atoms with van der Waals surface area (Å²) in [7, 11) is 0. The Morgan fingerprint density at radius 1 is 1.20 bits per heavy atom. The zero-order valence-corrected chi connectivity index (χ0v) is 9.32. The maximum atomic E-state index is 4.10. The summed E-state index contributed by atoms with van der Waals surface area (Å²) >= 11 is 0. The van der Waals surface area contributed by atoms with Gasteiger partial charge in [0.15, 0.2) is 0 Å². The monoisotopic (exact) mass is 202 g/mol. The van der Waals surface area contributed by atoms with E-state index in [1.807, 2.05) is 6.07 Å². The van der Waals surface area contributed by atoms with Crippen LogP contribution in [0.1, 0.15) is 37.3 Å². The summed E-state index contributed by atoms with van der Waals surface area (Å²) in [5.74, 6) is 0. The zero-order valence-electron chi connectivity index (χ0n) is 9.32. The van der Waals surface area contributed by atoms with Gasteiger partial charge >= 0.3 is 0 Å². The Morgan fingerprint density at radius 2 is 2.07 bits per heavy atom. The van der Waals surface area contributed by atoms with Gasteiger partial charge < -0.3 is 0 Å². The molecule has 3 heteroatoms.